The molecule has 0 aliphatic rings. The van der Waals surface area contributed by atoms with Gasteiger partial charge in [0.25, 0.3) is 0 Å². The van der Waals surface area contributed by atoms with E-state index in [9.17, 15) is 14.0 Å². The van der Waals surface area contributed by atoms with Crippen molar-refractivity contribution in [1.82, 2.24) is 4.90 Å². The fourth-order valence-corrected chi connectivity index (χ4v) is 2.42. The molecule has 2 N–H and O–H groups in total. The Balaban J connectivity index is 1.89. The molecule has 0 spiro atoms. The molecule has 1 atom stereocenters. The third kappa shape index (κ3) is 5.69. The number of hydrogen-bond acceptors (Lipinski definition) is 3. The molecule has 0 unspecified atom stereocenters. The average Bonchev–Trinajstić information content (AvgIpc) is 2.59. The monoisotopic (exact) mass is 397 g/mol. The lowest BCUT2D eigenvalue weighted by Crippen LogP contribution is -2.43. The van der Waals surface area contributed by atoms with Crippen LogP contribution >= 0.6 is 23.2 Å². The van der Waals surface area contributed by atoms with Crippen LogP contribution in [-0.4, -0.2) is 36.3 Å². The zero-order valence-electron chi connectivity index (χ0n) is 14.2. The fourth-order valence-electron chi connectivity index (χ4n) is 2.12. The summed E-state index contributed by atoms with van der Waals surface area (Å²) in [7, 11) is 1.66. The molecular formula is C18H18Cl2FN3O2. The molecule has 8 heteroatoms. The number of carbonyl (C=O) groups is 2. The molecule has 0 aliphatic heterocycles. The maximum atomic E-state index is 12.9. The number of nitrogens with one attached hydrogen (secondary N) is 2. The van der Waals surface area contributed by atoms with E-state index in [2.05, 4.69) is 10.6 Å². The van der Waals surface area contributed by atoms with E-state index in [0.29, 0.717) is 21.4 Å². The van der Waals surface area contributed by atoms with Gasteiger partial charge in [0.1, 0.15) is 5.82 Å². The molecular weight excluding hydrogens is 380 g/mol. The Morgan fingerprint density at radius 3 is 2.27 bits per heavy atom. The molecule has 5 nitrogen and oxygen atoms in total. The van der Waals surface area contributed by atoms with Gasteiger partial charge in [-0.3, -0.25) is 14.5 Å². The summed E-state index contributed by atoms with van der Waals surface area (Å²) in [5, 5.41) is 6.10. The minimum Gasteiger partial charge on any atom is -0.325 e. The van der Waals surface area contributed by atoms with Gasteiger partial charge in [0.2, 0.25) is 11.8 Å². The predicted octanol–water partition coefficient (Wildman–Crippen LogP) is 4.03. The minimum atomic E-state index is -0.570. The van der Waals surface area contributed by atoms with E-state index in [1.165, 1.54) is 24.3 Å². The van der Waals surface area contributed by atoms with Crippen LogP contribution in [0.1, 0.15) is 6.92 Å². The van der Waals surface area contributed by atoms with Gasteiger partial charge in [0.15, 0.2) is 0 Å². The van der Waals surface area contributed by atoms with E-state index < -0.39 is 6.04 Å². The molecule has 2 rings (SSSR count). The van der Waals surface area contributed by atoms with Crippen molar-refractivity contribution in [1.29, 1.82) is 0 Å². The topological polar surface area (TPSA) is 61.4 Å². The normalized spacial score (nSPS) is 11.9. The molecule has 0 radical (unpaired) electrons. The number of benzene rings is 2. The molecule has 2 aromatic rings. The highest BCUT2D eigenvalue weighted by Gasteiger charge is 2.20. The Bertz CT molecular complexity index is 800. The Kier molecular flexibility index (Phi) is 6.97. The average molecular weight is 398 g/mol. The van der Waals surface area contributed by atoms with Gasteiger partial charge in [-0.05, 0) is 56.4 Å². The zero-order valence-corrected chi connectivity index (χ0v) is 15.7. The Morgan fingerprint density at radius 1 is 1.04 bits per heavy atom. The van der Waals surface area contributed by atoms with E-state index in [1.807, 2.05) is 0 Å². The van der Waals surface area contributed by atoms with Crippen molar-refractivity contribution < 1.29 is 14.0 Å². The van der Waals surface area contributed by atoms with Crippen molar-refractivity contribution in [3.8, 4) is 0 Å². The predicted molar refractivity (Wildman–Crippen MR) is 102 cm³/mol. The third-order valence-corrected chi connectivity index (χ3v) is 4.49. The highest BCUT2D eigenvalue weighted by Crippen LogP contribution is 2.24. The molecule has 0 heterocycles. The van der Waals surface area contributed by atoms with Gasteiger partial charge in [0, 0.05) is 11.4 Å². The van der Waals surface area contributed by atoms with Crippen molar-refractivity contribution in [2.45, 2.75) is 13.0 Å². The third-order valence-electron chi connectivity index (χ3n) is 3.75. The quantitative estimate of drug-likeness (QED) is 0.773. The number of anilines is 2. The first kappa shape index (κ1) is 20.2. The van der Waals surface area contributed by atoms with Crippen molar-refractivity contribution in [3.05, 3.63) is 58.3 Å². The van der Waals surface area contributed by atoms with Crippen LogP contribution in [0.15, 0.2) is 42.5 Å². The van der Waals surface area contributed by atoms with Gasteiger partial charge >= 0.3 is 0 Å². The number of likely N-dealkylation sites (N-methyl/N-ethyl adjacent to an activating group) is 1. The summed E-state index contributed by atoms with van der Waals surface area (Å²) < 4.78 is 12.9. The van der Waals surface area contributed by atoms with Crippen molar-refractivity contribution >= 4 is 46.4 Å². The standard InChI is InChI=1S/C18H18Cl2FN3O2/c1-11(18(26)23-13-5-3-12(21)4-6-13)24(2)10-17(25)22-14-7-8-15(19)16(20)9-14/h3-9,11H,10H2,1-2H3,(H,22,25)(H,23,26)/t11-/m0/s1. The summed E-state index contributed by atoms with van der Waals surface area (Å²) in [5.74, 6) is -0.985. The van der Waals surface area contributed by atoms with Crippen molar-refractivity contribution in [3.63, 3.8) is 0 Å². The van der Waals surface area contributed by atoms with Crippen LogP contribution in [-0.2, 0) is 9.59 Å². The maximum Gasteiger partial charge on any atom is 0.241 e. The molecule has 0 saturated carbocycles. The van der Waals surface area contributed by atoms with Crippen LogP contribution in [0.2, 0.25) is 10.0 Å². The number of halogens is 3. The largest absolute Gasteiger partial charge is 0.325 e. The number of nitrogens with zero attached hydrogens (tertiary/aromatic N) is 1. The summed E-state index contributed by atoms with van der Waals surface area (Å²) in [6.07, 6.45) is 0. The zero-order chi connectivity index (χ0) is 19.3. The van der Waals surface area contributed by atoms with Crippen LogP contribution in [0.4, 0.5) is 15.8 Å². The number of hydrogen-bond donors (Lipinski definition) is 2. The first-order chi connectivity index (χ1) is 12.3. The lowest BCUT2D eigenvalue weighted by atomic mass is 10.2. The van der Waals surface area contributed by atoms with Crippen LogP contribution in [0, 0.1) is 5.82 Å². The smallest absolute Gasteiger partial charge is 0.241 e. The Hall–Kier alpha value is -2.15. The van der Waals surface area contributed by atoms with E-state index in [4.69, 9.17) is 23.2 Å². The second-order valence-electron chi connectivity index (χ2n) is 5.76. The van der Waals surface area contributed by atoms with Gasteiger partial charge < -0.3 is 10.6 Å². The van der Waals surface area contributed by atoms with Gasteiger partial charge in [-0.2, -0.15) is 0 Å². The van der Waals surface area contributed by atoms with Crippen LogP contribution < -0.4 is 10.6 Å². The summed E-state index contributed by atoms with van der Waals surface area (Å²) in [4.78, 5) is 26.0. The van der Waals surface area contributed by atoms with E-state index >= 15 is 0 Å². The summed E-state index contributed by atoms with van der Waals surface area (Å²) >= 11 is 11.7. The second-order valence-corrected chi connectivity index (χ2v) is 6.58. The van der Waals surface area contributed by atoms with Crippen molar-refractivity contribution in [2.24, 2.45) is 0 Å². The number of amides is 2. The molecule has 138 valence electrons. The molecule has 26 heavy (non-hydrogen) atoms. The number of rotatable bonds is 6. The minimum absolute atomic E-state index is 0.00174. The highest BCUT2D eigenvalue weighted by atomic mass is 35.5. The maximum absolute atomic E-state index is 12.9. The summed E-state index contributed by atoms with van der Waals surface area (Å²) in [5.41, 5.74) is 0.998. The Morgan fingerprint density at radius 2 is 1.65 bits per heavy atom. The highest BCUT2D eigenvalue weighted by molar-refractivity contribution is 6.42. The lowest BCUT2D eigenvalue weighted by Gasteiger charge is -2.23. The van der Waals surface area contributed by atoms with E-state index in [0.717, 1.165) is 0 Å². The van der Waals surface area contributed by atoms with Gasteiger partial charge in [-0.25, -0.2) is 4.39 Å². The van der Waals surface area contributed by atoms with Gasteiger partial charge in [-0.1, -0.05) is 23.2 Å². The second kappa shape index (κ2) is 8.98. The van der Waals surface area contributed by atoms with Crippen LogP contribution in [0.25, 0.3) is 0 Å². The first-order valence-corrected chi connectivity index (χ1v) is 8.53. The summed E-state index contributed by atoms with van der Waals surface area (Å²) in [6.45, 7) is 1.67. The number of carbonyl (C=O) groups excluding carboxylic acids is 2. The molecule has 0 bridgehead atoms. The van der Waals surface area contributed by atoms with E-state index in [-0.39, 0.29) is 24.2 Å². The molecule has 2 amide bonds. The Labute approximate surface area is 161 Å². The summed E-state index contributed by atoms with van der Waals surface area (Å²) in [6, 6.07) is 9.65. The van der Waals surface area contributed by atoms with E-state index in [1.54, 1.807) is 37.1 Å². The van der Waals surface area contributed by atoms with Gasteiger partial charge in [-0.15, -0.1) is 0 Å². The molecule has 2 aromatic carbocycles. The fraction of sp³-hybridized carbons (Fsp3) is 0.222. The lowest BCUT2D eigenvalue weighted by molar-refractivity contribution is -0.122. The van der Waals surface area contributed by atoms with Crippen LogP contribution in [0.5, 0.6) is 0 Å². The van der Waals surface area contributed by atoms with Crippen molar-refractivity contribution in [2.75, 3.05) is 24.2 Å². The molecule has 0 saturated heterocycles. The van der Waals surface area contributed by atoms with Crippen LogP contribution in [0.3, 0.4) is 0 Å². The molecule has 0 aromatic heterocycles. The van der Waals surface area contributed by atoms with Gasteiger partial charge in [0.05, 0.1) is 22.6 Å². The first-order valence-electron chi connectivity index (χ1n) is 7.78. The molecule has 0 fully saturated rings. The molecule has 0 aliphatic carbocycles. The SMILES string of the molecule is C[C@@H](C(=O)Nc1ccc(F)cc1)N(C)CC(=O)Nc1ccc(Cl)c(Cl)c1.